The monoisotopic (exact) mass is 340 g/mol. The molecule has 2 aliphatic rings. The van der Waals surface area contributed by atoms with Crippen molar-refractivity contribution in [2.45, 2.75) is 36.5 Å². The van der Waals surface area contributed by atoms with E-state index < -0.39 is 0 Å². The molecule has 0 bridgehead atoms. The standard InChI is InChI=1S/C17H32N4OS/c1-4-9-21-10-5-15(6-11-21)20-16(18-2)19-14-17(23-3)7-12-22-13-8-17/h4,15H,1,5-14H2,2-3H3,(H2,18,19,20). The Morgan fingerprint density at radius 1 is 1.39 bits per heavy atom. The zero-order chi connectivity index (χ0) is 16.5. The van der Waals surface area contributed by atoms with Gasteiger partial charge in [-0.25, -0.2) is 0 Å². The SMILES string of the molecule is C=CCN1CCC(NC(=NC)NCC2(SC)CCOCC2)CC1. The molecule has 2 saturated heterocycles. The van der Waals surface area contributed by atoms with E-state index in [2.05, 4.69) is 33.4 Å². The maximum atomic E-state index is 5.51. The van der Waals surface area contributed by atoms with Gasteiger partial charge in [0.25, 0.3) is 0 Å². The van der Waals surface area contributed by atoms with Crippen LogP contribution in [0, 0.1) is 0 Å². The van der Waals surface area contributed by atoms with Gasteiger partial charge in [0.05, 0.1) is 0 Å². The first kappa shape index (κ1) is 18.6. The van der Waals surface area contributed by atoms with Crippen molar-refractivity contribution < 1.29 is 4.74 Å². The molecule has 0 radical (unpaired) electrons. The van der Waals surface area contributed by atoms with Gasteiger partial charge in [-0.1, -0.05) is 6.08 Å². The summed E-state index contributed by atoms with van der Waals surface area (Å²) in [6.07, 6.45) is 8.74. The minimum absolute atomic E-state index is 0.281. The Balaban J connectivity index is 1.76. The third kappa shape index (κ3) is 5.69. The average Bonchev–Trinajstić information content (AvgIpc) is 2.61. The summed E-state index contributed by atoms with van der Waals surface area (Å²) in [5.74, 6) is 0.937. The number of thioether (sulfide) groups is 1. The van der Waals surface area contributed by atoms with Crippen LogP contribution in [0.5, 0.6) is 0 Å². The van der Waals surface area contributed by atoms with Crippen LogP contribution in [0.15, 0.2) is 17.6 Å². The van der Waals surface area contributed by atoms with Crippen LogP contribution in [0.25, 0.3) is 0 Å². The lowest BCUT2D eigenvalue weighted by molar-refractivity contribution is 0.0782. The molecule has 0 spiro atoms. The highest BCUT2D eigenvalue weighted by Gasteiger charge is 2.32. The van der Waals surface area contributed by atoms with Gasteiger partial charge >= 0.3 is 0 Å². The first-order chi connectivity index (χ1) is 11.2. The van der Waals surface area contributed by atoms with Crippen molar-refractivity contribution >= 4 is 17.7 Å². The predicted octanol–water partition coefficient (Wildman–Crippen LogP) is 1.71. The summed E-state index contributed by atoms with van der Waals surface area (Å²) in [6, 6.07) is 0.516. The van der Waals surface area contributed by atoms with Crippen molar-refractivity contribution in [2.75, 3.05) is 52.7 Å². The zero-order valence-corrected chi connectivity index (χ0v) is 15.5. The van der Waals surface area contributed by atoms with E-state index in [0.29, 0.717) is 6.04 Å². The van der Waals surface area contributed by atoms with Gasteiger partial charge in [0.1, 0.15) is 0 Å². The third-order valence-electron chi connectivity index (χ3n) is 4.95. The number of ether oxygens (including phenoxy) is 1. The number of piperidine rings is 1. The van der Waals surface area contributed by atoms with Crippen LogP contribution in [0.2, 0.25) is 0 Å². The summed E-state index contributed by atoms with van der Waals surface area (Å²) in [5, 5.41) is 7.14. The van der Waals surface area contributed by atoms with E-state index in [-0.39, 0.29) is 4.75 Å². The highest BCUT2D eigenvalue weighted by molar-refractivity contribution is 8.00. The number of guanidine groups is 1. The highest BCUT2D eigenvalue weighted by Crippen LogP contribution is 2.32. The number of likely N-dealkylation sites (tertiary alicyclic amines) is 1. The molecular weight excluding hydrogens is 308 g/mol. The van der Waals surface area contributed by atoms with Gasteiger partial charge in [-0.15, -0.1) is 6.58 Å². The molecule has 2 fully saturated rings. The predicted molar refractivity (Wildman–Crippen MR) is 100 cm³/mol. The molecule has 2 rings (SSSR count). The number of rotatable bonds is 6. The molecule has 0 aliphatic carbocycles. The highest BCUT2D eigenvalue weighted by atomic mass is 32.2. The molecule has 0 saturated carbocycles. The number of aliphatic imine (C=N–C) groups is 1. The molecule has 0 amide bonds. The summed E-state index contributed by atoms with van der Waals surface area (Å²) in [6.45, 7) is 9.78. The Labute approximate surface area is 145 Å². The van der Waals surface area contributed by atoms with Crippen molar-refractivity contribution in [1.29, 1.82) is 0 Å². The van der Waals surface area contributed by atoms with Crippen LogP contribution in [0.1, 0.15) is 25.7 Å². The van der Waals surface area contributed by atoms with Crippen molar-refractivity contribution in [3.63, 3.8) is 0 Å². The lowest BCUT2D eigenvalue weighted by Gasteiger charge is -2.37. The van der Waals surface area contributed by atoms with Gasteiger partial charge < -0.3 is 15.4 Å². The maximum Gasteiger partial charge on any atom is 0.191 e. The van der Waals surface area contributed by atoms with Gasteiger partial charge in [-0.2, -0.15) is 11.8 Å². The molecule has 6 heteroatoms. The molecule has 0 aromatic rings. The van der Waals surface area contributed by atoms with Crippen LogP contribution in [-0.2, 0) is 4.74 Å². The molecule has 2 aliphatic heterocycles. The van der Waals surface area contributed by atoms with Crippen LogP contribution >= 0.6 is 11.8 Å². The van der Waals surface area contributed by atoms with Crippen molar-refractivity contribution in [3.05, 3.63) is 12.7 Å². The third-order valence-corrected chi connectivity index (χ3v) is 6.37. The lowest BCUT2D eigenvalue weighted by Crippen LogP contribution is -2.52. The van der Waals surface area contributed by atoms with Crippen LogP contribution in [0.4, 0.5) is 0 Å². The number of hydrogen-bond acceptors (Lipinski definition) is 4. The van der Waals surface area contributed by atoms with Gasteiger partial charge in [-0.3, -0.25) is 9.89 Å². The number of nitrogens with one attached hydrogen (secondary N) is 2. The zero-order valence-electron chi connectivity index (χ0n) is 14.6. The Bertz CT molecular complexity index is 388. The number of hydrogen-bond donors (Lipinski definition) is 2. The fourth-order valence-corrected chi connectivity index (χ4v) is 4.06. The van der Waals surface area contributed by atoms with E-state index in [1.54, 1.807) is 0 Å². The second-order valence-corrected chi connectivity index (χ2v) is 7.71. The fraction of sp³-hybridized carbons (Fsp3) is 0.824. The summed E-state index contributed by atoms with van der Waals surface area (Å²) in [4.78, 5) is 6.86. The molecule has 0 unspecified atom stereocenters. The molecule has 0 atom stereocenters. The quantitative estimate of drug-likeness (QED) is 0.438. The average molecular weight is 341 g/mol. The largest absolute Gasteiger partial charge is 0.381 e. The van der Waals surface area contributed by atoms with Crippen molar-refractivity contribution in [1.82, 2.24) is 15.5 Å². The second-order valence-electron chi connectivity index (χ2n) is 6.43. The van der Waals surface area contributed by atoms with E-state index in [9.17, 15) is 0 Å². The smallest absolute Gasteiger partial charge is 0.191 e. The van der Waals surface area contributed by atoms with Gasteiger partial charge in [0, 0.05) is 57.2 Å². The van der Waals surface area contributed by atoms with E-state index >= 15 is 0 Å². The lowest BCUT2D eigenvalue weighted by atomic mass is 9.99. The Kier molecular flexibility index (Phi) is 7.73. The van der Waals surface area contributed by atoms with Gasteiger partial charge in [0.2, 0.25) is 0 Å². The van der Waals surface area contributed by atoms with Crippen molar-refractivity contribution in [2.24, 2.45) is 4.99 Å². The molecule has 0 aromatic heterocycles. The van der Waals surface area contributed by atoms with Crippen LogP contribution < -0.4 is 10.6 Å². The summed E-state index contributed by atoms with van der Waals surface area (Å²) in [5.41, 5.74) is 0. The maximum absolute atomic E-state index is 5.51. The second kappa shape index (κ2) is 9.55. The van der Waals surface area contributed by atoms with Crippen molar-refractivity contribution in [3.8, 4) is 0 Å². The normalized spacial score (nSPS) is 23.5. The van der Waals surface area contributed by atoms with E-state index in [4.69, 9.17) is 4.74 Å². The summed E-state index contributed by atoms with van der Waals surface area (Å²) < 4.78 is 5.79. The van der Waals surface area contributed by atoms with E-state index in [0.717, 1.165) is 71.0 Å². The van der Waals surface area contributed by atoms with Gasteiger partial charge in [-0.05, 0) is 31.9 Å². The van der Waals surface area contributed by atoms with Crippen LogP contribution in [0.3, 0.4) is 0 Å². The first-order valence-corrected chi connectivity index (χ1v) is 9.87. The summed E-state index contributed by atoms with van der Waals surface area (Å²) >= 11 is 1.96. The molecule has 2 N–H and O–H groups in total. The Morgan fingerprint density at radius 3 is 2.65 bits per heavy atom. The fourth-order valence-electron chi connectivity index (χ4n) is 3.27. The minimum Gasteiger partial charge on any atom is -0.381 e. The Morgan fingerprint density at radius 2 is 2.09 bits per heavy atom. The van der Waals surface area contributed by atoms with Gasteiger partial charge in [0.15, 0.2) is 5.96 Å². The molecule has 23 heavy (non-hydrogen) atoms. The number of nitrogens with zero attached hydrogens (tertiary/aromatic N) is 2. The van der Waals surface area contributed by atoms with Crippen LogP contribution in [-0.4, -0.2) is 74.3 Å². The molecular formula is C17H32N4OS. The van der Waals surface area contributed by atoms with E-state index in [1.165, 1.54) is 0 Å². The molecule has 2 heterocycles. The summed E-state index contributed by atoms with van der Waals surface area (Å²) in [7, 11) is 1.86. The topological polar surface area (TPSA) is 48.9 Å². The molecule has 132 valence electrons. The molecule has 5 nitrogen and oxygen atoms in total. The van der Waals surface area contributed by atoms with E-state index in [1.807, 2.05) is 24.9 Å². The molecule has 0 aromatic carbocycles. The first-order valence-electron chi connectivity index (χ1n) is 8.65. The minimum atomic E-state index is 0.281. The Hall–Kier alpha value is -0.720.